The van der Waals surface area contributed by atoms with Gasteiger partial charge in [-0.05, 0) is 19.1 Å². The maximum Gasteiger partial charge on any atom is 0.131 e. The summed E-state index contributed by atoms with van der Waals surface area (Å²) in [5, 5.41) is 8.85. The highest BCUT2D eigenvalue weighted by atomic mass is 15.1. The minimum absolute atomic E-state index is 0.0605. The molecule has 2 N–H and O–H groups in total. The number of hydrogen-bond acceptors (Lipinski definition) is 3. The second kappa shape index (κ2) is 5.01. The molecule has 0 amide bonds. The van der Waals surface area contributed by atoms with Gasteiger partial charge in [0.25, 0.3) is 0 Å². The molecule has 4 heteroatoms. The summed E-state index contributed by atoms with van der Waals surface area (Å²) in [4.78, 5) is 4.73. The SMILES string of the molecule is CCn1c(C(C)(C)C)nc(-c2ccc(C#N)cc2)c1N. The Labute approximate surface area is 119 Å². The highest BCUT2D eigenvalue weighted by Gasteiger charge is 2.24. The molecule has 0 fully saturated rings. The largest absolute Gasteiger partial charge is 0.383 e. The molecule has 1 aromatic carbocycles. The molecule has 0 spiro atoms. The van der Waals surface area contributed by atoms with Crippen LogP contribution in [-0.4, -0.2) is 9.55 Å². The van der Waals surface area contributed by atoms with Gasteiger partial charge in [-0.2, -0.15) is 5.26 Å². The van der Waals surface area contributed by atoms with Gasteiger partial charge in [-0.1, -0.05) is 32.9 Å². The van der Waals surface area contributed by atoms with Gasteiger partial charge in [0.1, 0.15) is 17.3 Å². The van der Waals surface area contributed by atoms with Crippen molar-refractivity contribution in [1.29, 1.82) is 5.26 Å². The minimum atomic E-state index is -0.0605. The van der Waals surface area contributed by atoms with Gasteiger partial charge in [0.2, 0.25) is 0 Å². The van der Waals surface area contributed by atoms with Gasteiger partial charge in [0.15, 0.2) is 0 Å². The van der Waals surface area contributed by atoms with Crippen LogP contribution in [0, 0.1) is 11.3 Å². The molecule has 104 valence electrons. The Morgan fingerprint density at radius 3 is 2.25 bits per heavy atom. The molecule has 0 radical (unpaired) electrons. The third kappa shape index (κ3) is 2.39. The van der Waals surface area contributed by atoms with E-state index in [4.69, 9.17) is 16.0 Å². The monoisotopic (exact) mass is 268 g/mol. The molecule has 0 atom stereocenters. The Morgan fingerprint density at radius 1 is 1.25 bits per heavy atom. The van der Waals surface area contributed by atoms with Crippen LogP contribution in [0.5, 0.6) is 0 Å². The molecule has 1 aromatic heterocycles. The number of nitrogens with two attached hydrogens (primary N) is 1. The van der Waals surface area contributed by atoms with Crippen molar-refractivity contribution in [2.24, 2.45) is 0 Å². The van der Waals surface area contributed by atoms with Crippen LogP contribution >= 0.6 is 0 Å². The van der Waals surface area contributed by atoms with E-state index in [1.165, 1.54) is 0 Å². The summed E-state index contributed by atoms with van der Waals surface area (Å²) in [5.41, 5.74) is 8.56. The van der Waals surface area contributed by atoms with Crippen LogP contribution in [0.1, 0.15) is 39.1 Å². The Bertz CT molecular complexity index is 652. The summed E-state index contributed by atoms with van der Waals surface area (Å²) < 4.78 is 2.05. The van der Waals surface area contributed by atoms with Gasteiger partial charge in [0, 0.05) is 17.5 Å². The van der Waals surface area contributed by atoms with Crippen molar-refractivity contribution in [2.75, 3.05) is 5.73 Å². The van der Waals surface area contributed by atoms with Crippen LogP contribution in [0.15, 0.2) is 24.3 Å². The van der Waals surface area contributed by atoms with Crippen molar-refractivity contribution >= 4 is 5.82 Å². The lowest BCUT2D eigenvalue weighted by Crippen LogP contribution is -2.19. The molecule has 0 bridgehead atoms. The van der Waals surface area contributed by atoms with E-state index in [-0.39, 0.29) is 5.41 Å². The molecule has 0 aliphatic heterocycles. The quantitative estimate of drug-likeness (QED) is 0.908. The number of nitrogen functional groups attached to an aromatic ring is 1. The second-order valence-electron chi connectivity index (χ2n) is 5.85. The molecule has 1 heterocycles. The van der Waals surface area contributed by atoms with E-state index < -0.39 is 0 Å². The molecule has 20 heavy (non-hydrogen) atoms. The van der Waals surface area contributed by atoms with E-state index in [1.54, 1.807) is 12.1 Å². The summed E-state index contributed by atoms with van der Waals surface area (Å²) in [6.45, 7) is 9.24. The Morgan fingerprint density at radius 2 is 1.85 bits per heavy atom. The first-order chi connectivity index (χ1) is 9.38. The lowest BCUT2D eigenvalue weighted by atomic mass is 9.95. The Hall–Kier alpha value is -2.28. The maximum atomic E-state index is 8.85. The first-order valence-corrected chi connectivity index (χ1v) is 6.75. The Kier molecular flexibility index (Phi) is 3.54. The van der Waals surface area contributed by atoms with Crippen LogP contribution in [-0.2, 0) is 12.0 Å². The van der Waals surface area contributed by atoms with Crippen LogP contribution in [0.2, 0.25) is 0 Å². The molecule has 4 nitrogen and oxygen atoms in total. The lowest BCUT2D eigenvalue weighted by molar-refractivity contribution is 0.509. The van der Waals surface area contributed by atoms with Gasteiger partial charge in [-0.15, -0.1) is 0 Å². The van der Waals surface area contributed by atoms with Crippen molar-refractivity contribution in [2.45, 2.75) is 39.7 Å². The number of anilines is 1. The zero-order chi connectivity index (χ0) is 14.9. The summed E-state index contributed by atoms with van der Waals surface area (Å²) >= 11 is 0. The molecular formula is C16H20N4. The first kappa shape index (κ1) is 14.1. The number of hydrogen-bond donors (Lipinski definition) is 1. The highest BCUT2D eigenvalue weighted by Crippen LogP contribution is 2.31. The molecule has 2 rings (SSSR count). The number of aromatic nitrogens is 2. The molecule has 0 saturated carbocycles. The average Bonchev–Trinajstić information content (AvgIpc) is 2.76. The van der Waals surface area contributed by atoms with Crippen LogP contribution < -0.4 is 5.73 Å². The zero-order valence-electron chi connectivity index (χ0n) is 12.4. The van der Waals surface area contributed by atoms with E-state index in [2.05, 4.69) is 33.8 Å². The molecule has 0 saturated heterocycles. The highest BCUT2D eigenvalue weighted by molar-refractivity contribution is 5.71. The smallest absolute Gasteiger partial charge is 0.131 e. The van der Waals surface area contributed by atoms with Gasteiger partial charge in [-0.25, -0.2) is 4.98 Å². The fraction of sp³-hybridized carbons (Fsp3) is 0.375. The van der Waals surface area contributed by atoms with Gasteiger partial charge >= 0.3 is 0 Å². The number of nitrogens with zero attached hydrogens (tertiary/aromatic N) is 3. The number of nitriles is 1. The van der Waals surface area contributed by atoms with E-state index in [0.717, 1.165) is 23.6 Å². The van der Waals surface area contributed by atoms with Crippen LogP contribution in [0.4, 0.5) is 5.82 Å². The Balaban J connectivity index is 2.57. The number of benzene rings is 1. The molecule has 0 unspecified atom stereocenters. The minimum Gasteiger partial charge on any atom is -0.383 e. The van der Waals surface area contributed by atoms with E-state index in [1.807, 2.05) is 16.7 Å². The van der Waals surface area contributed by atoms with Crippen molar-refractivity contribution in [3.05, 3.63) is 35.7 Å². The number of rotatable bonds is 2. The third-order valence-electron chi connectivity index (χ3n) is 3.28. The summed E-state index contributed by atoms with van der Waals surface area (Å²) in [6, 6.07) is 9.48. The maximum absolute atomic E-state index is 8.85. The second-order valence-corrected chi connectivity index (χ2v) is 5.85. The van der Waals surface area contributed by atoms with E-state index in [0.29, 0.717) is 11.4 Å². The fourth-order valence-electron chi connectivity index (χ4n) is 2.27. The zero-order valence-corrected chi connectivity index (χ0v) is 12.4. The molecule has 2 aromatic rings. The van der Waals surface area contributed by atoms with E-state index in [9.17, 15) is 0 Å². The van der Waals surface area contributed by atoms with E-state index >= 15 is 0 Å². The number of imidazole rings is 1. The van der Waals surface area contributed by atoms with Crippen molar-refractivity contribution in [3.63, 3.8) is 0 Å². The summed E-state index contributed by atoms with van der Waals surface area (Å²) in [5.74, 6) is 1.67. The average molecular weight is 268 g/mol. The molecule has 0 aliphatic carbocycles. The van der Waals surface area contributed by atoms with Crippen LogP contribution in [0.25, 0.3) is 11.3 Å². The summed E-state index contributed by atoms with van der Waals surface area (Å²) in [7, 11) is 0. The van der Waals surface area contributed by atoms with Gasteiger partial charge in [0.05, 0.1) is 11.6 Å². The predicted molar refractivity (Wildman–Crippen MR) is 81.2 cm³/mol. The molecule has 0 aliphatic rings. The topological polar surface area (TPSA) is 67.6 Å². The van der Waals surface area contributed by atoms with Gasteiger partial charge in [-0.3, -0.25) is 0 Å². The predicted octanol–water partition coefficient (Wildman–Crippen LogP) is 3.32. The van der Waals surface area contributed by atoms with Crippen molar-refractivity contribution in [1.82, 2.24) is 9.55 Å². The first-order valence-electron chi connectivity index (χ1n) is 6.75. The van der Waals surface area contributed by atoms with Crippen molar-refractivity contribution < 1.29 is 0 Å². The normalized spacial score (nSPS) is 11.3. The third-order valence-corrected chi connectivity index (χ3v) is 3.28. The van der Waals surface area contributed by atoms with Crippen LogP contribution in [0.3, 0.4) is 0 Å². The van der Waals surface area contributed by atoms with Crippen molar-refractivity contribution in [3.8, 4) is 17.3 Å². The fourth-order valence-corrected chi connectivity index (χ4v) is 2.27. The molecular weight excluding hydrogens is 248 g/mol. The standard InChI is InChI=1S/C16H20N4/c1-5-20-14(18)13(19-15(20)16(2,3)4)12-8-6-11(10-17)7-9-12/h6-9H,5,18H2,1-4H3. The lowest BCUT2D eigenvalue weighted by Gasteiger charge is -2.19. The van der Waals surface area contributed by atoms with Gasteiger partial charge < -0.3 is 10.3 Å². The summed E-state index contributed by atoms with van der Waals surface area (Å²) in [6.07, 6.45) is 0.